The van der Waals surface area contributed by atoms with Gasteiger partial charge >= 0.3 is 18.1 Å². The van der Waals surface area contributed by atoms with Crippen molar-refractivity contribution in [3.63, 3.8) is 0 Å². The van der Waals surface area contributed by atoms with Crippen LogP contribution in [0.4, 0.5) is 24.5 Å². The van der Waals surface area contributed by atoms with Crippen molar-refractivity contribution in [2.75, 3.05) is 38.1 Å². The Kier molecular flexibility index (Phi) is 10.4. The molecule has 2 rings (SSSR count). The molecule has 2 amide bonds. The Balaban J connectivity index is 2.64. The average molecular weight is 557 g/mol. The zero-order valence-corrected chi connectivity index (χ0v) is 22.3. The van der Waals surface area contributed by atoms with Crippen LogP contribution >= 0.6 is 0 Å². The first-order valence-electron chi connectivity index (χ1n) is 11.8. The molecule has 13 heteroatoms. The summed E-state index contributed by atoms with van der Waals surface area (Å²) in [4.78, 5) is 36.8. The van der Waals surface area contributed by atoms with E-state index in [9.17, 15) is 32.7 Å². The smallest absolute Gasteiger partial charge is 0.471 e. The van der Waals surface area contributed by atoms with E-state index in [1.54, 1.807) is 5.32 Å². The minimum Gasteiger partial charge on any atom is -0.496 e. The molecule has 214 valence electrons. The van der Waals surface area contributed by atoms with Gasteiger partial charge in [-0.15, -0.1) is 0 Å². The van der Waals surface area contributed by atoms with Crippen molar-refractivity contribution in [1.82, 2.24) is 0 Å². The lowest BCUT2D eigenvalue weighted by molar-refractivity contribution is -0.167. The van der Waals surface area contributed by atoms with E-state index >= 15 is 0 Å². The fourth-order valence-corrected chi connectivity index (χ4v) is 3.13. The molecule has 0 saturated heterocycles. The number of rotatable bonds is 12. The lowest BCUT2D eigenvalue weighted by atomic mass is 10.1. The van der Waals surface area contributed by atoms with Crippen LogP contribution in [0.3, 0.4) is 0 Å². The van der Waals surface area contributed by atoms with Crippen LogP contribution in [0.2, 0.25) is 0 Å². The number of ether oxygens (including phenoxy) is 4. The molecule has 2 aromatic rings. The number of nitrogens with one attached hydrogen (secondary N) is 2. The van der Waals surface area contributed by atoms with Crippen molar-refractivity contribution < 1.29 is 51.6 Å². The van der Waals surface area contributed by atoms with Crippen LogP contribution in [-0.2, 0) is 4.79 Å². The highest BCUT2D eigenvalue weighted by Gasteiger charge is 2.39. The quantitative estimate of drug-likeness (QED) is 0.324. The van der Waals surface area contributed by atoms with Crippen LogP contribution in [0.5, 0.6) is 23.0 Å². The number of hydrogen-bond donors (Lipinski definition) is 3. The molecule has 3 N–H and O–H groups in total. The standard InChI is InChI=1S/C26H31F3N2O8/c1-13(2)11-38-20-10-22(39-12-14(3)4)18(31-25(35)26(27,28)29)7-15(20)23(32)30-17-8-16(24(33)34)19(36-5)9-21(17)37-6/h7-10,13-14H,11-12H2,1-6H3,(H,30,32)(H,31,35)(H,33,34). The number of benzene rings is 2. The van der Waals surface area contributed by atoms with E-state index in [4.69, 9.17) is 18.9 Å². The SMILES string of the molecule is COc1cc(OC)c(C(=O)O)cc1NC(=O)c1cc(NC(=O)C(F)(F)F)c(OCC(C)C)cc1OCC(C)C. The topological polar surface area (TPSA) is 132 Å². The van der Waals surface area contributed by atoms with Crippen LogP contribution in [0.15, 0.2) is 24.3 Å². The fraction of sp³-hybridized carbons (Fsp3) is 0.423. The van der Waals surface area contributed by atoms with E-state index in [0.29, 0.717) is 0 Å². The predicted octanol–water partition coefficient (Wildman–Crippen LogP) is 5.22. The zero-order valence-electron chi connectivity index (χ0n) is 22.3. The highest BCUT2D eigenvalue weighted by Crippen LogP contribution is 2.37. The highest BCUT2D eigenvalue weighted by molar-refractivity contribution is 6.09. The summed E-state index contributed by atoms with van der Waals surface area (Å²) in [5.74, 6) is -4.61. The molecule has 0 spiro atoms. The van der Waals surface area contributed by atoms with Crippen molar-refractivity contribution in [2.45, 2.75) is 33.9 Å². The van der Waals surface area contributed by atoms with Gasteiger partial charge in [0.1, 0.15) is 28.6 Å². The number of carbonyl (C=O) groups excluding carboxylic acids is 2. The van der Waals surface area contributed by atoms with Crippen molar-refractivity contribution in [3.05, 3.63) is 35.4 Å². The van der Waals surface area contributed by atoms with Gasteiger partial charge in [-0.1, -0.05) is 27.7 Å². The third-order valence-electron chi connectivity index (χ3n) is 4.98. The lowest BCUT2D eigenvalue weighted by Gasteiger charge is -2.20. The first kappa shape index (κ1) is 31.1. The number of alkyl halides is 3. The molecule has 0 aromatic heterocycles. The lowest BCUT2D eigenvalue weighted by Crippen LogP contribution is -2.30. The molecule has 0 saturated carbocycles. The molecule has 0 atom stereocenters. The van der Waals surface area contributed by atoms with Crippen LogP contribution in [0.25, 0.3) is 0 Å². The number of carbonyl (C=O) groups is 3. The third kappa shape index (κ3) is 8.42. The van der Waals surface area contributed by atoms with Crippen LogP contribution in [0, 0.1) is 11.8 Å². The minimum absolute atomic E-state index is 0.00913. The molecule has 0 bridgehead atoms. The summed E-state index contributed by atoms with van der Waals surface area (Å²) < 4.78 is 60.8. The molecular weight excluding hydrogens is 525 g/mol. The van der Waals surface area contributed by atoms with E-state index in [1.165, 1.54) is 26.4 Å². The number of carboxylic acids is 1. The second-order valence-corrected chi connectivity index (χ2v) is 9.22. The zero-order chi connectivity index (χ0) is 29.5. The summed E-state index contributed by atoms with van der Waals surface area (Å²) in [6.45, 7) is 7.59. The Morgan fingerprint density at radius 1 is 0.769 bits per heavy atom. The van der Waals surface area contributed by atoms with Gasteiger partial charge in [0, 0.05) is 12.1 Å². The second kappa shape index (κ2) is 13.1. The van der Waals surface area contributed by atoms with E-state index in [2.05, 4.69) is 5.32 Å². The number of anilines is 2. The Morgan fingerprint density at radius 3 is 1.74 bits per heavy atom. The highest BCUT2D eigenvalue weighted by atomic mass is 19.4. The molecule has 2 aromatic carbocycles. The van der Waals surface area contributed by atoms with Gasteiger partial charge in [-0.25, -0.2) is 4.79 Å². The normalized spacial score (nSPS) is 11.3. The molecule has 0 aliphatic heterocycles. The van der Waals surface area contributed by atoms with Gasteiger partial charge in [-0.2, -0.15) is 13.2 Å². The van der Waals surface area contributed by atoms with Gasteiger partial charge in [0.25, 0.3) is 5.91 Å². The molecule has 39 heavy (non-hydrogen) atoms. The predicted molar refractivity (Wildman–Crippen MR) is 136 cm³/mol. The Hall–Kier alpha value is -4.16. The molecule has 10 nitrogen and oxygen atoms in total. The van der Waals surface area contributed by atoms with Crippen molar-refractivity contribution in [3.8, 4) is 23.0 Å². The van der Waals surface area contributed by atoms with Crippen molar-refractivity contribution >= 4 is 29.2 Å². The van der Waals surface area contributed by atoms with E-state index in [-0.39, 0.29) is 64.9 Å². The number of halogens is 3. The second-order valence-electron chi connectivity index (χ2n) is 9.22. The van der Waals surface area contributed by atoms with E-state index in [1.807, 2.05) is 27.7 Å². The largest absolute Gasteiger partial charge is 0.496 e. The summed E-state index contributed by atoms with van der Waals surface area (Å²) in [6, 6.07) is 4.59. The first-order chi connectivity index (χ1) is 18.2. The van der Waals surface area contributed by atoms with Crippen LogP contribution in [0.1, 0.15) is 48.4 Å². The van der Waals surface area contributed by atoms with Gasteiger partial charge in [-0.05, 0) is 24.0 Å². The third-order valence-corrected chi connectivity index (χ3v) is 4.98. The van der Waals surface area contributed by atoms with Crippen LogP contribution in [-0.4, -0.2) is 56.5 Å². The van der Waals surface area contributed by atoms with Crippen molar-refractivity contribution in [2.24, 2.45) is 11.8 Å². The maximum absolute atomic E-state index is 13.4. The van der Waals surface area contributed by atoms with Gasteiger partial charge < -0.3 is 34.7 Å². The van der Waals surface area contributed by atoms with Gasteiger partial charge in [0.15, 0.2) is 0 Å². The Morgan fingerprint density at radius 2 is 1.26 bits per heavy atom. The summed E-state index contributed by atoms with van der Waals surface area (Å²) in [6.07, 6.45) is -5.20. The summed E-state index contributed by atoms with van der Waals surface area (Å²) >= 11 is 0. The first-order valence-corrected chi connectivity index (χ1v) is 11.8. The monoisotopic (exact) mass is 556 g/mol. The molecule has 0 fully saturated rings. The summed E-state index contributed by atoms with van der Waals surface area (Å²) in [5.41, 5.74) is -0.996. The number of amides is 2. The molecule has 0 unspecified atom stereocenters. The molecule has 0 heterocycles. The summed E-state index contributed by atoms with van der Waals surface area (Å²) in [5, 5.41) is 13.7. The molecule has 0 radical (unpaired) electrons. The maximum atomic E-state index is 13.4. The van der Waals surface area contributed by atoms with E-state index < -0.39 is 29.6 Å². The fourth-order valence-electron chi connectivity index (χ4n) is 3.13. The Bertz CT molecular complexity index is 1210. The van der Waals surface area contributed by atoms with Gasteiger partial charge in [0.05, 0.1) is 44.4 Å². The maximum Gasteiger partial charge on any atom is 0.471 e. The summed E-state index contributed by atoms with van der Waals surface area (Å²) in [7, 11) is 2.55. The van der Waals surface area contributed by atoms with E-state index in [0.717, 1.165) is 12.1 Å². The number of aromatic carboxylic acids is 1. The van der Waals surface area contributed by atoms with Crippen LogP contribution < -0.4 is 29.6 Å². The molecule has 0 aliphatic rings. The van der Waals surface area contributed by atoms with Gasteiger partial charge in [0.2, 0.25) is 0 Å². The molecular formula is C26H31F3N2O8. The number of carboxylic acid groups (broad SMARTS) is 1. The van der Waals surface area contributed by atoms with Crippen molar-refractivity contribution in [1.29, 1.82) is 0 Å². The number of methoxy groups -OCH3 is 2. The van der Waals surface area contributed by atoms with Gasteiger partial charge in [-0.3, -0.25) is 9.59 Å². The minimum atomic E-state index is -5.20. The average Bonchev–Trinajstić information content (AvgIpc) is 2.85. The number of hydrogen-bond acceptors (Lipinski definition) is 7. The molecule has 0 aliphatic carbocycles. The Labute approximate surface area is 223 Å².